The van der Waals surface area contributed by atoms with E-state index in [1.54, 1.807) is 19.2 Å². The Labute approximate surface area is 83.9 Å². The van der Waals surface area contributed by atoms with Gasteiger partial charge in [-0.3, -0.25) is 0 Å². The zero-order valence-electron chi connectivity index (χ0n) is 6.76. The minimum absolute atomic E-state index is 0.0179. The Hall–Kier alpha value is -0.470. The molecule has 0 bridgehead atoms. The fraction of sp³-hybridized carbons (Fsp3) is 0.429. The van der Waals surface area contributed by atoms with E-state index in [9.17, 15) is 4.79 Å². The molecule has 0 amide bonds. The molecular weight excluding hydrogens is 242 g/mol. The van der Waals surface area contributed by atoms with Crippen LogP contribution in [0.15, 0.2) is 9.39 Å². The van der Waals surface area contributed by atoms with Crippen molar-refractivity contribution in [2.24, 2.45) is 0 Å². The number of halogens is 1. The average molecular weight is 250 g/mol. The van der Waals surface area contributed by atoms with Gasteiger partial charge >= 0.3 is 5.97 Å². The van der Waals surface area contributed by atoms with Gasteiger partial charge < -0.3 is 4.74 Å². The minimum atomic E-state index is -0.582. The monoisotopic (exact) mass is 249 g/mol. The lowest BCUT2D eigenvalue weighted by atomic mass is 10.3. The second-order valence-electron chi connectivity index (χ2n) is 1.69. The van der Waals surface area contributed by atoms with Crippen molar-refractivity contribution in [3.8, 4) is 6.07 Å². The summed E-state index contributed by atoms with van der Waals surface area (Å²) in [5.41, 5.74) is 0.0179. The lowest BCUT2D eigenvalue weighted by Gasteiger charge is -2.00. The van der Waals surface area contributed by atoms with Crippen LogP contribution in [0.5, 0.6) is 0 Å². The number of nitriles is 1. The van der Waals surface area contributed by atoms with E-state index in [-0.39, 0.29) is 12.2 Å². The molecule has 0 spiro atoms. The van der Waals surface area contributed by atoms with Crippen LogP contribution < -0.4 is 0 Å². The van der Waals surface area contributed by atoms with Crippen molar-refractivity contribution in [3.05, 3.63) is 9.39 Å². The van der Waals surface area contributed by atoms with Gasteiger partial charge in [0.05, 0.1) is 10.4 Å². The predicted molar refractivity (Wildman–Crippen MR) is 51.7 cm³/mol. The highest BCUT2D eigenvalue weighted by molar-refractivity contribution is 9.14. The zero-order chi connectivity index (χ0) is 9.56. The van der Waals surface area contributed by atoms with Crippen LogP contribution in [-0.4, -0.2) is 18.8 Å². The molecule has 5 heteroatoms. The normalized spacial score (nSPS) is 11.5. The third kappa shape index (κ3) is 3.28. The van der Waals surface area contributed by atoms with Crippen LogP contribution in [-0.2, 0) is 9.53 Å². The van der Waals surface area contributed by atoms with Crippen molar-refractivity contribution in [3.63, 3.8) is 0 Å². The van der Waals surface area contributed by atoms with Gasteiger partial charge in [0.25, 0.3) is 0 Å². The largest absolute Gasteiger partial charge is 0.462 e. The first-order valence-electron chi connectivity index (χ1n) is 3.18. The van der Waals surface area contributed by atoms with Gasteiger partial charge in [-0.25, -0.2) is 4.79 Å². The van der Waals surface area contributed by atoms with Crippen LogP contribution >= 0.6 is 27.7 Å². The highest BCUT2D eigenvalue weighted by Crippen LogP contribution is 2.23. The van der Waals surface area contributed by atoms with Gasteiger partial charge in [-0.15, -0.1) is 11.8 Å². The summed E-state index contributed by atoms with van der Waals surface area (Å²) in [7, 11) is 0. The second-order valence-corrected chi connectivity index (χ2v) is 3.82. The van der Waals surface area contributed by atoms with Crippen LogP contribution in [0.3, 0.4) is 0 Å². The Morgan fingerprint density at radius 3 is 2.67 bits per heavy atom. The highest BCUT2D eigenvalue weighted by Gasteiger charge is 2.13. The van der Waals surface area contributed by atoms with Gasteiger partial charge in [0.2, 0.25) is 0 Å². The first-order chi connectivity index (χ1) is 5.67. The molecule has 0 aromatic heterocycles. The molecule has 0 aliphatic carbocycles. The topological polar surface area (TPSA) is 50.1 Å². The minimum Gasteiger partial charge on any atom is -0.462 e. The fourth-order valence-electron chi connectivity index (χ4n) is 0.475. The van der Waals surface area contributed by atoms with Gasteiger partial charge in [-0.1, -0.05) is 0 Å². The predicted octanol–water partition coefficient (Wildman–Crippen LogP) is 2.04. The number of ether oxygens (including phenoxy) is 1. The number of carbonyl (C=O) groups excluding carboxylic acids is 1. The molecule has 0 aliphatic heterocycles. The van der Waals surface area contributed by atoms with Crippen molar-refractivity contribution >= 4 is 33.7 Å². The second kappa shape index (κ2) is 6.09. The van der Waals surface area contributed by atoms with Crippen LogP contribution in [0.4, 0.5) is 0 Å². The van der Waals surface area contributed by atoms with E-state index in [2.05, 4.69) is 20.7 Å². The summed E-state index contributed by atoms with van der Waals surface area (Å²) in [6, 6.07) is 1.77. The quantitative estimate of drug-likeness (QED) is 0.437. The molecule has 0 heterocycles. The molecule has 0 fully saturated rings. The Morgan fingerprint density at radius 2 is 2.33 bits per heavy atom. The van der Waals surface area contributed by atoms with Crippen LogP contribution in [0.2, 0.25) is 0 Å². The van der Waals surface area contributed by atoms with E-state index in [4.69, 9.17) is 5.26 Å². The SMILES string of the molecule is CCOC(=O)C(C#N)=C(Br)SC. The van der Waals surface area contributed by atoms with Crippen LogP contribution in [0.25, 0.3) is 0 Å². The maximum absolute atomic E-state index is 11.0. The number of rotatable bonds is 3. The standard InChI is InChI=1S/C7H8BrNO2S/c1-3-11-7(10)5(4-9)6(8)12-2/h3H2,1-2H3. The van der Waals surface area contributed by atoms with Crippen LogP contribution in [0.1, 0.15) is 6.92 Å². The van der Waals surface area contributed by atoms with Gasteiger partial charge in [-0.05, 0) is 29.1 Å². The van der Waals surface area contributed by atoms with Crippen molar-refractivity contribution < 1.29 is 9.53 Å². The van der Waals surface area contributed by atoms with Gasteiger partial charge in [0, 0.05) is 0 Å². The molecule has 0 saturated heterocycles. The first-order valence-corrected chi connectivity index (χ1v) is 5.20. The number of thioether (sulfide) groups is 1. The summed E-state index contributed by atoms with van der Waals surface area (Å²) in [6.45, 7) is 1.97. The van der Waals surface area contributed by atoms with Crippen molar-refractivity contribution in [1.82, 2.24) is 0 Å². The van der Waals surface area contributed by atoms with Gasteiger partial charge in [-0.2, -0.15) is 5.26 Å². The number of carbonyl (C=O) groups is 1. The van der Waals surface area contributed by atoms with E-state index in [0.717, 1.165) is 0 Å². The Morgan fingerprint density at radius 1 is 1.75 bits per heavy atom. The molecule has 0 unspecified atom stereocenters. The molecule has 0 aromatic carbocycles. The third-order valence-corrected chi connectivity index (χ3v) is 2.90. The molecule has 0 aliphatic rings. The van der Waals surface area contributed by atoms with Gasteiger partial charge in [0.1, 0.15) is 6.07 Å². The van der Waals surface area contributed by atoms with Gasteiger partial charge in [0.15, 0.2) is 5.57 Å². The smallest absolute Gasteiger partial charge is 0.350 e. The molecule has 0 N–H and O–H groups in total. The maximum Gasteiger partial charge on any atom is 0.350 e. The van der Waals surface area contributed by atoms with E-state index < -0.39 is 5.97 Å². The highest BCUT2D eigenvalue weighted by atomic mass is 79.9. The zero-order valence-corrected chi connectivity index (χ0v) is 9.16. The molecule has 0 radical (unpaired) electrons. The van der Waals surface area contributed by atoms with Crippen LogP contribution in [0, 0.1) is 11.3 Å². The van der Waals surface area contributed by atoms with Crippen molar-refractivity contribution in [1.29, 1.82) is 5.26 Å². The summed E-state index contributed by atoms with van der Waals surface area (Å²) < 4.78 is 5.16. The number of hydrogen-bond donors (Lipinski definition) is 0. The molecule has 0 rings (SSSR count). The van der Waals surface area contributed by atoms with E-state index in [1.165, 1.54) is 11.8 Å². The third-order valence-electron chi connectivity index (χ3n) is 0.967. The summed E-state index contributed by atoms with van der Waals surface area (Å²) >= 11 is 4.38. The van der Waals surface area contributed by atoms with Crippen molar-refractivity contribution in [2.75, 3.05) is 12.9 Å². The van der Waals surface area contributed by atoms with E-state index in [1.807, 2.05) is 0 Å². The van der Waals surface area contributed by atoms with E-state index >= 15 is 0 Å². The molecule has 3 nitrogen and oxygen atoms in total. The number of hydrogen-bond acceptors (Lipinski definition) is 4. The Kier molecular flexibility index (Phi) is 5.85. The molecule has 66 valence electrons. The summed E-state index contributed by atoms with van der Waals surface area (Å²) in [6.07, 6.45) is 1.76. The first kappa shape index (κ1) is 11.5. The average Bonchev–Trinajstić information content (AvgIpc) is 2.06. The molecule has 0 aromatic rings. The summed E-state index contributed by atoms with van der Waals surface area (Å²) in [5.74, 6) is -0.582. The number of nitrogens with zero attached hydrogens (tertiary/aromatic N) is 1. The fourth-order valence-corrected chi connectivity index (χ4v) is 1.06. The van der Waals surface area contributed by atoms with E-state index in [0.29, 0.717) is 3.81 Å². The molecular formula is C7H8BrNO2S. The lowest BCUT2D eigenvalue weighted by molar-refractivity contribution is -0.138. The molecule has 0 atom stereocenters. The number of esters is 1. The Bertz CT molecular complexity index is 244. The molecule has 12 heavy (non-hydrogen) atoms. The summed E-state index contributed by atoms with van der Waals surface area (Å²) in [5, 5.41) is 8.57. The lowest BCUT2D eigenvalue weighted by Crippen LogP contribution is -2.06. The van der Waals surface area contributed by atoms with Crippen molar-refractivity contribution in [2.45, 2.75) is 6.92 Å². The summed E-state index contributed by atoms with van der Waals surface area (Å²) in [4.78, 5) is 11.0. The molecule has 0 saturated carbocycles. The maximum atomic E-state index is 11.0. The Balaban J connectivity index is 4.59.